The first-order valence-corrected chi connectivity index (χ1v) is 11.6. The number of amides is 2. The van der Waals surface area contributed by atoms with Gasteiger partial charge in [-0.05, 0) is 42.5 Å². The molecule has 0 spiro atoms. The van der Waals surface area contributed by atoms with E-state index in [4.69, 9.17) is 9.47 Å². The summed E-state index contributed by atoms with van der Waals surface area (Å²) in [5, 5.41) is 2.85. The summed E-state index contributed by atoms with van der Waals surface area (Å²) in [4.78, 5) is 34.0. The van der Waals surface area contributed by atoms with Gasteiger partial charge in [0.05, 0.1) is 31.7 Å². The Kier molecular flexibility index (Phi) is 7.32. The number of benzene rings is 2. The van der Waals surface area contributed by atoms with Crippen LogP contribution in [0.2, 0.25) is 0 Å². The second-order valence-electron chi connectivity index (χ2n) is 7.72. The molecule has 1 aliphatic heterocycles. The zero-order valence-corrected chi connectivity index (χ0v) is 20.5. The SMILES string of the molecule is COc1ccc(C(=O)Nc2ccc(N3CCN(C(=O)c4cccc(Br)c4)CC3)nc2)c(OC)c1. The molecule has 9 heteroatoms. The van der Waals surface area contributed by atoms with Gasteiger partial charge in [0, 0.05) is 42.3 Å². The first-order valence-electron chi connectivity index (χ1n) is 10.8. The van der Waals surface area contributed by atoms with Gasteiger partial charge in [-0.1, -0.05) is 22.0 Å². The maximum absolute atomic E-state index is 12.8. The van der Waals surface area contributed by atoms with E-state index in [1.54, 1.807) is 31.5 Å². The number of anilines is 2. The van der Waals surface area contributed by atoms with E-state index in [9.17, 15) is 9.59 Å². The number of rotatable bonds is 6. The molecule has 0 bridgehead atoms. The summed E-state index contributed by atoms with van der Waals surface area (Å²) < 4.78 is 11.4. The number of aromatic nitrogens is 1. The number of hydrogen-bond acceptors (Lipinski definition) is 6. The predicted octanol–water partition coefficient (Wildman–Crippen LogP) is 4.08. The van der Waals surface area contributed by atoms with E-state index in [0.29, 0.717) is 54.5 Å². The number of halogens is 1. The first-order chi connectivity index (χ1) is 16.5. The number of carbonyl (C=O) groups is 2. The zero-order valence-electron chi connectivity index (χ0n) is 19.0. The van der Waals surface area contributed by atoms with Gasteiger partial charge < -0.3 is 24.6 Å². The fourth-order valence-electron chi connectivity index (χ4n) is 3.77. The van der Waals surface area contributed by atoms with Gasteiger partial charge in [0.15, 0.2) is 0 Å². The fraction of sp³-hybridized carbons (Fsp3) is 0.240. The van der Waals surface area contributed by atoms with Gasteiger partial charge in [0.25, 0.3) is 11.8 Å². The molecular weight excluding hydrogens is 500 g/mol. The van der Waals surface area contributed by atoms with Crippen LogP contribution in [0.1, 0.15) is 20.7 Å². The molecule has 8 nitrogen and oxygen atoms in total. The number of nitrogens with one attached hydrogen (secondary N) is 1. The lowest BCUT2D eigenvalue weighted by molar-refractivity contribution is 0.0746. The van der Waals surface area contributed by atoms with Gasteiger partial charge in [-0.3, -0.25) is 9.59 Å². The largest absolute Gasteiger partial charge is 0.497 e. The minimum absolute atomic E-state index is 0.0286. The van der Waals surface area contributed by atoms with Crippen molar-refractivity contribution in [3.63, 3.8) is 0 Å². The molecule has 0 saturated carbocycles. The lowest BCUT2D eigenvalue weighted by atomic mass is 10.1. The first kappa shape index (κ1) is 23.6. The van der Waals surface area contributed by atoms with E-state index >= 15 is 0 Å². The molecule has 2 aromatic carbocycles. The molecule has 2 amide bonds. The molecule has 1 saturated heterocycles. The van der Waals surface area contributed by atoms with Crippen LogP contribution in [0.25, 0.3) is 0 Å². The van der Waals surface area contributed by atoms with Crippen molar-refractivity contribution in [2.45, 2.75) is 0 Å². The minimum Gasteiger partial charge on any atom is -0.497 e. The summed E-state index contributed by atoms with van der Waals surface area (Å²) in [5.74, 6) is 1.57. The van der Waals surface area contributed by atoms with Gasteiger partial charge >= 0.3 is 0 Å². The Morgan fingerprint density at radius 2 is 1.76 bits per heavy atom. The summed E-state index contributed by atoms with van der Waals surface area (Å²) in [6.07, 6.45) is 1.63. The van der Waals surface area contributed by atoms with Crippen LogP contribution in [-0.2, 0) is 0 Å². The van der Waals surface area contributed by atoms with Crippen molar-refractivity contribution < 1.29 is 19.1 Å². The monoisotopic (exact) mass is 524 g/mol. The topological polar surface area (TPSA) is 84.0 Å². The van der Waals surface area contributed by atoms with E-state index in [-0.39, 0.29) is 11.8 Å². The smallest absolute Gasteiger partial charge is 0.259 e. The summed E-state index contributed by atoms with van der Waals surface area (Å²) in [6.45, 7) is 2.59. The van der Waals surface area contributed by atoms with Gasteiger partial charge in [0.2, 0.25) is 0 Å². The number of methoxy groups -OCH3 is 2. The van der Waals surface area contributed by atoms with E-state index in [1.165, 1.54) is 7.11 Å². The summed E-state index contributed by atoms with van der Waals surface area (Å²) >= 11 is 3.42. The molecule has 34 heavy (non-hydrogen) atoms. The number of piperazine rings is 1. The second kappa shape index (κ2) is 10.6. The van der Waals surface area contributed by atoms with Crippen LogP contribution in [0.5, 0.6) is 11.5 Å². The molecule has 1 N–H and O–H groups in total. The van der Waals surface area contributed by atoms with Crippen LogP contribution in [0.4, 0.5) is 11.5 Å². The van der Waals surface area contributed by atoms with Crippen molar-refractivity contribution in [1.82, 2.24) is 9.88 Å². The molecule has 1 aromatic heterocycles. The maximum Gasteiger partial charge on any atom is 0.259 e. The third-order valence-corrected chi connectivity index (χ3v) is 6.11. The van der Waals surface area contributed by atoms with Crippen LogP contribution in [0.15, 0.2) is 65.3 Å². The average molecular weight is 525 g/mol. The third-order valence-electron chi connectivity index (χ3n) is 5.62. The van der Waals surface area contributed by atoms with Crippen LogP contribution in [0, 0.1) is 0 Å². The molecule has 4 rings (SSSR count). The van der Waals surface area contributed by atoms with E-state index < -0.39 is 0 Å². The zero-order chi connectivity index (χ0) is 24.1. The predicted molar refractivity (Wildman–Crippen MR) is 134 cm³/mol. The van der Waals surface area contributed by atoms with Gasteiger partial charge in [-0.25, -0.2) is 4.98 Å². The van der Waals surface area contributed by atoms with Crippen molar-refractivity contribution in [2.75, 3.05) is 50.6 Å². The van der Waals surface area contributed by atoms with E-state index in [1.807, 2.05) is 41.3 Å². The number of ether oxygens (including phenoxy) is 2. The van der Waals surface area contributed by atoms with Crippen molar-refractivity contribution in [2.24, 2.45) is 0 Å². The maximum atomic E-state index is 12.8. The van der Waals surface area contributed by atoms with Crippen LogP contribution >= 0.6 is 15.9 Å². The van der Waals surface area contributed by atoms with E-state index in [0.717, 1.165) is 10.3 Å². The Morgan fingerprint density at radius 3 is 2.41 bits per heavy atom. The highest BCUT2D eigenvalue weighted by Gasteiger charge is 2.23. The molecule has 1 aliphatic rings. The Bertz CT molecular complexity index is 1180. The van der Waals surface area contributed by atoms with Gasteiger partial charge in [-0.15, -0.1) is 0 Å². The highest BCUT2D eigenvalue weighted by molar-refractivity contribution is 9.10. The molecule has 0 radical (unpaired) electrons. The van der Waals surface area contributed by atoms with Crippen molar-refractivity contribution >= 4 is 39.2 Å². The molecule has 1 fully saturated rings. The van der Waals surface area contributed by atoms with Crippen molar-refractivity contribution in [3.05, 3.63) is 76.4 Å². The molecular formula is C25H25BrN4O4. The Morgan fingerprint density at radius 1 is 0.971 bits per heavy atom. The highest BCUT2D eigenvalue weighted by Crippen LogP contribution is 2.26. The number of nitrogens with zero attached hydrogens (tertiary/aromatic N) is 3. The lowest BCUT2D eigenvalue weighted by Crippen LogP contribution is -2.49. The second-order valence-corrected chi connectivity index (χ2v) is 8.63. The van der Waals surface area contributed by atoms with Gasteiger partial charge in [0.1, 0.15) is 17.3 Å². The molecule has 2 heterocycles. The van der Waals surface area contributed by atoms with Crippen LogP contribution in [0.3, 0.4) is 0 Å². The summed E-state index contributed by atoms with van der Waals surface area (Å²) in [7, 11) is 3.07. The van der Waals surface area contributed by atoms with Crippen molar-refractivity contribution in [3.8, 4) is 11.5 Å². The van der Waals surface area contributed by atoms with E-state index in [2.05, 4.69) is 31.1 Å². The number of hydrogen-bond donors (Lipinski definition) is 1. The number of carbonyl (C=O) groups excluding carboxylic acids is 2. The Balaban J connectivity index is 1.35. The minimum atomic E-state index is -0.297. The molecule has 0 atom stereocenters. The molecule has 0 unspecified atom stereocenters. The highest BCUT2D eigenvalue weighted by atomic mass is 79.9. The standard InChI is InChI=1S/C25H25BrN4O4/c1-33-20-7-8-21(22(15-20)34-2)24(31)28-19-6-9-23(27-16-19)29-10-12-30(13-11-29)25(32)17-4-3-5-18(26)14-17/h3-9,14-16H,10-13H2,1-2H3,(H,28,31). The normalized spacial score (nSPS) is 13.4. The molecule has 0 aliphatic carbocycles. The van der Waals surface area contributed by atoms with Crippen LogP contribution < -0.4 is 19.7 Å². The summed E-state index contributed by atoms with van der Waals surface area (Å²) in [5.41, 5.74) is 1.66. The van der Waals surface area contributed by atoms with Crippen LogP contribution in [-0.4, -0.2) is 62.1 Å². The van der Waals surface area contributed by atoms with Crippen molar-refractivity contribution in [1.29, 1.82) is 0 Å². The number of pyridine rings is 1. The molecule has 176 valence electrons. The Hall–Kier alpha value is -3.59. The fourth-order valence-corrected chi connectivity index (χ4v) is 4.17. The average Bonchev–Trinajstić information content (AvgIpc) is 2.88. The van der Waals surface area contributed by atoms with Gasteiger partial charge in [-0.2, -0.15) is 0 Å². The molecule has 3 aromatic rings. The lowest BCUT2D eigenvalue weighted by Gasteiger charge is -2.35. The summed E-state index contributed by atoms with van der Waals surface area (Å²) in [6, 6.07) is 16.1. The quantitative estimate of drug-likeness (QED) is 0.523. The Labute approximate surface area is 206 Å². The third kappa shape index (κ3) is 5.31.